The molecule has 4 aromatic rings. The number of imidazole rings is 1. The lowest BCUT2D eigenvalue weighted by molar-refractivity contribution is 0.150. The summed E-state index contributed by atoms with van der Waals surface area (Å²) < 4.78 is 3.79. The van der Waals surface area contributed by atoms with Crippen molar-refractivity contribution in [2.75, 3.05) is 39.8 Å². The summed E-state index contributed by atoms with van der Waals surface area (Å²) in [7, 11) is 2.17. The number of nitrogens with one attached hydrogen (secondary N) is 1. The molecule has 0 spiro atoms. The van der Waals surface area contributed by atoms with Crippen molar-refractivity contribution in [3.63, 3.8) is 0 Å². The molecule has 1 saturated heterocycles. The molecule has 34 heavy (non-hydrogen) atoms. The first-order chi connectivity index (χ1) is 16.7. The molecule has 0 radical (unpaired) electrons. The Bertz CT molecular complexity index is 1420. The van der Waals surface area contributed by atoms with E-state index in [-0.39, 0.29) is 5.69 Å². The zero-order valence-electron chi connectivity index (χ0n) is 19.7. The standard InChI is InChI=1S/C26H31N7O/c1-30-9-11-31(12-10-30)13-14-32-23-16-21(20-15-19-7-8-27-24(19)28-17-20)18-29-25(23)33(26(32)34)22-5-3-2-4-6-22/h5,7-8,15-18H,2-4,6,9-14H2,1H3,(H,27,28). The molecule has 0 bridgehead atoms. The first kappa shape index (κ1) is 21.3. The number of nitrogens with zero attached hydrogens (tertiary/aromatic N) is 6. The summed E-state index contributed by atoms with van der Waals surface area (Å²) in [6, 6.07) is 6.26. The van der Waals surface area contributed by atoms with E-state index in [0.717, 1.165) is 91.0 Å². The second-order valence-corrected chi connectivity index (χ2v) is 9.56. The highest BCUT2D eigenvalue weighted by atomic mass is 16.1. The highest BCUT2D eigenvalue weighted by Crippen LogP contribution is 2.28. The molecule has 1 aliphatic heterocycles. The zero-order chi connectivity index (χ0) is 23.1. The van der Waals surface area contributed by atoms with Gasteiger partial charge in [0.15, 0.2) is 5.65 Å². The van der Waals surface area contributed by atoms with Crippen molar-refractivity contribution in [3.8, 4) is 11.1 Å². The van der Waals surface area contributed by atoms with E-state index in [2.05, 4.69) is 45.0 Å². The molecule has 0 atom stereocenters. The predicted molar refractivity (Wildman–Crippen MR) is 136 cm³/mol. The fourth-order valence-corrected chi connectivity index (χ4v) is 5.20. The Hall–Kier alpha value is -3.23. The van der Waals surface area contributed by atoms with Crippen molar-refractivity contribution in [1.82, 2.24) is 33.9 Å². The van der Waals surface area contributed by atoms with E-state index in [9.17, 15) is 4.79 Å². The molecule has 1 N–H and O–H groups in total. The number of aromatic amines is 1. The van der Waals surface area contributed by atoms with Crippen LogP contribution in [-0.4, -0.2) is 73.7 Å². The van der Waals surface area contributed by atoms with Gasteiger partial charge in [-0.25, -0.2) is 19.3 Å². The number of H-pyrrole nitrogens is 1. The van der Waals surface area contributed by atoms with Crippen molar-refractivity contribution >= 4 is 27.9 Å². The molecule has 5 heterocycles. The van der Waals surface area contributed by atoms with Crippen molar-refractivity contribution < 1.29 is 0 Å². The molecule has 4 aromatic heterocycles. The first-order valence-electron chi connectivity index (χ1n) is 12.3. The Labute approximate surface area is 198 Å². The van der Waals surface area contributed by atoms with Gasteiger partial charge in [-0.1, -0.05) is 6.08 Å². The predicted octanol–water partition coefficient (Wildman–Crippen LogP) is 3.40. The van der Waals surface area contributed by atoms with E-state index in [0.29, 0.717) is 6.54 Å². The van der Waals surface area contributed by atoms with Crippen molar-refractivity contribution in [1.29, 1.82) is 0 Å². The molecule has 6 rings (SSSR count). The van der Waals surface area contributed by atoms with Gasteiger partial charge in [-0.15, -0.1) is 0 Å². The van der Waals surface area contributed by atoms with Crippen molar-refractivity contribution in [3.05, 3.63) is 53.3 Å². The summed E-state index contributed by atoms with van der Waals surface area (Å²) in [5.74, 6) is 0. The lowest BCUT2D eigenvalue weighted by Gasteiger charge is -2.32. The van der Waals surface area contributed by atoms with E-state index in [1.54, 1.807) is 0 Å². The number of aromatic nitrogens is 5. The molecule has 8 nitrogen and oxygen atoms in total. The third kappa shape index (κ3) is 3.86. The van der Waals surface area contributed by atoms with Crippen LogP contribution in [-0.2, 0) is 6.54 Å². The summed E-state index contributed by atoms with van der Waals surface area (Å²) in [6.45, 7) is 5.77. The molecule has 1 fully saturated rings. The molecular weight excluding hydrogens is 426 g/mol. The summed E-state index contributed by atoms with van der Waals surface area (Å²) in [6.07, 6.45) is 12.1. The first-order valence-corrected chi connectivity index (χ1v) is 12.3. The fraction of sp³-hybridized carbons (Fsp3) is 0.423. The van der Waals surface area contributed by atoms with Gasteiger partial charge in [-0.2, -0.15) is 0 Å². The van der Waals surface area contributed by atoms with E-state index in [1.165, 1.54) is 6.42 Å². The second-order valence-electron chi connectivity index (χ2n) is 9.56. The average molecular weight is 458 g/mol. The minimum atomic E-state index is 0.0288. The van der Waals surface area contributed by atoms with Crippen LogP contribution in [0.2, 0.25) is 0 Å². The van der Waals surface area contributed by atoms with Crippen molar-refractivity contribution in [2.24, 2.45) is 0 Å². The summed E-state index contributed by atoms with van der Waals surface area (Å²) >= 11 is 0. The summed E-state index contributed by atoms with van der Waals surface area (Å²) in [5, 5.41) is 1.06. The molecule has 8 heteroatoms. The quantitative estimate of drug-likeness (QED) is 0.497. The van der Waals surface area contributed by atoms with Crippen LogP contribution in [0.15, 0.2) is 47.7 Å². The molecule has 0 aromatic carbocycles. The molecule has 0 saturated carbocycles. The maximum atomic E-state index is 13.7. The Morgan fingerprint density at radius 1 is 1.00 bits per heavy atom. The van der Waals surface area contributed by atoms with Crippen LogP contribution in [0.5, 0.6) is 0 Å². The number of fused-ring (bicyclic) bond motifs is 2. The van der Waals surface area contributed by atoms with Gasteiger partial charge < -0.3 is 9.88 Å². The van der Waals surface area contributed by atoms with E-state index >= 15 is 0 Å². The smallest absolute Gasteiger partial charge is 0.334 e. The third-order valence-corrected chi connectivity index (χ3v) is 7.30. The minimum absolute atomic E-state index is 0.0288. The van der Waals surface area contributed by atoms with Crippen LogP contribution in [0.4, 0.5) is 0 Å². The Morgan fingerprint density at radius 3 is 2.65 bits per heavy atom. The van der Waals surface area contributed by atoms with Crippen LogP contribution in [0.1, 0.15) is 25.7 Å². The Morgan fingerprint density at radius 2 is 1.82 bits per heavy atom. The largest absolute Gasteiger partial charge is 0.346 e. The number of pyridine rings is 2. The van der Waals surface area contributed by atoms with Crippen molar-refractivity contribution in [2.45, 2.75) is 32.2 Å². The maximum Gasteiger partial charge on any atom is 0.334 e. The van der Waals surface area contributed by atoms with E-state index < -0.39 is 0 Å². The van der Waals surface area contributed by atoms with Gasteiger partial charge in [0.25, 0.3) is 0 Å². The average Bonchev–Trinajstić information content (AvgIpc) is 3.45. The van der Waals surface area contributed by atoms with Gasteiger partial charge in [-0.3, -0.25) is 9.47 Å². The highest BCUT2D eigenvalue weighted by molar-refractivity contribution is 5.85. The van der Waals surface area contributed by atoms with Crippen LogP contribution in [0, 0.1) is 0 Å². The van der Waals surface area contributed by atoms with Gasteiger partial charge >= 0.3 is 5.69 Å². The third-order valence-electron chi connectivity index (χ3n) is 7.30. The Kier molecular flexibility index (Phi) is 5.55. The second kappa shape index (κ2) is 8.85. The lowest BCUT2D eigenvalue weighted by atomic mass is 10.0. The zero-order valence-corrected chi connectivity index (χ0v) is 19.7. The number of rotatable bonds is 5. The van der Waals surface area contributed by atoms with Gasteiger partial charge in [0, 0.05) is 80.1 Å². The Balaban J connectivity index is 1.42. The lowest BCUT2D eigenvalue weighted by Crippen LogP contribution is -2.45. The molecular formula is C26H31N7O. The number of piperazine rings is 1. The van der Waals surface area contributed by atoms with Crippen LogP contribution < -0.4 is 5.69 Å². The summed E-state index contributed by atoms with van der Waals surface area (Å²) in [4.78, 5) is 31.0. The number of hydrogen-bond donors (Lipinski definition) is 1. The highest BCUT2D eigenvalue weighted by Gasteiger charge is 2.21. The minimum Gasteiger partial charge on any atom is -0.346 e. The molecule has 176 valence electrons. The molecule has 0 unspecified atom stereocenters. The van der Waals surface area contributed by atoms with Gasteiger partial charge in [0.2, 0.25) is 0 Å². The number of likely N-dealkylation sites (N-methyl/N-ethyl adjacent to an activating group) is 1. The monoisotopic (exact) mass is 457 g/mol. The molecule has 0 amide bonds. The summed E-state index contributed by atoms with van der Waals surface area (Å²) in [5.41, 5.74) is 5.64. The van der Waals surface area contributed by atoms with Crippen LogP contribution in [0.3, 0.4) is 0 Å². The number of allylic oxidation sites excluding steroid dienone is 2. The van der Waals surface area contributed by atoms with Crippen LogP contribution in [0.25, 0.3) is 39.0 Å². The van der Waals surface area contributed by atoms with Gasteiger partial charge in [0.1, 0.15) is 5.65 Å². The van der Waals surface area contributed by atoms with E-state index in [4.69, 9.17) is 4.98 Å². The van der Waals surface area contributed by atoms with E-state index in [1.807, 2.05) is 33.8 Å². The molecule has 1 aliphatic carbocycles. The normalized spacial score (nSPS) is 18.1. The number of hydrogen-bond acceptors (Lipinski definition) is 5. The van der Waals surface area contributed by atoms with Gasteiger partial charge in [0.05, 0.1) is 5.52 Å². The topological polar surface area (TPSA) is 75.0 Å². The van der Waals surface area contributed by atoms with Gasteiger partial charge in [-0.05, 0) is 50.9 Å². The molecule has 2 aliphatic rings. The van der Waals surface area contributed by atoms with Crippen LogP contribution >= 0.6 is 0 Å². The maximum absolute atomic E-state index is 13.7. The SMILES string of the molecule is CN1CCN(CCn2c(=O)n(C3=CCCCC3)c3ncc(-c4cnc5[nH]ccc5c4)cc32)CC1. The fourth-order valence-electron chi connectivity index (χ4n) is 5.20.